The van der Waals surface area contributed by atoms with Crippen LogP contribution in [0.2, 0.25) is 0 Å². The van der Waals surface area contributed by atoms with E-state index >= 15 is 0 Å². The molecular weight excluding hydrogens is 401 g/mol. The van der Waals surface area contributed by atoms with E-state index in [0.717, 1.165) is 12.6 Å². The van der Waals surface area contributed by atoms with Crippen LogP contribution < -0.4 is 15.9 Å². The third-order valence-electron chi connectivity index (χ3n) is 5.63. The summed E-state index contributed by atoms with van der Waals surface area (Å²) in [5, 5.41) is 4.10. The Morgan fingerprint density at radius 1 is 0.710 bits per heavy atom. The molecule has 4 heteroatoms. The molecular formula is C27H26NO2P. The van der Waals surface area contributed by atoms with Gasteiger partial charge in [-0.1, -0.05) is 0 Å². The summed E-state index contributed by atoms with van der Waals surface area (Å²) < 4.78 is 5.57. The van der Waals surface area contributed by atoms with Crippen LogP contribution in [0, 0.1) is 0 Å². The van der Waals surface area contributed by atoms with Crippen molar-refractivity contribution in [1.29, 1.82) is 0 Å². The molecule has 0 fully saturated rings. The quantitative estimate of drug-likeness (QED) is 0.238. The van der Waals surface area contributed by atoms with Crippen molar-refractivity contribution in [3.05, 3.63) is 121 Å². The number of carbonyl (C=O) groups excluding carboxylic acids is 1. The Morgan fingerprint density at radius 2 is 1.23 bits per heavy atom. The summed E-state index contributed by atoms with van der Waals surface area (Å²) in [5.74, 6) is -0.320. The van der Waals surface area contributed by atoms with E-state index < -0.39 is 7.26 Å². The van der Waals surface area contributed by atoms with Crippen molar-refractivity contribution in [2.45, 2.75) is 6.42 Å². The van der Waals surface area contributed by atoms with Gasteiger partial charge in [-0.05, 0) is 0 Å². The van der Waals surface area contributed by atoms with Gasteiger partial charge in [0.2, 0.25) is 0 Å². The molecule has 1 heterocycles. The third kappa shape index (κ3) is 4.73. The fraction of sp³-hybridized carbons (Fsp3) is 0.111. The number of esters is 1. The Morgan fingerprint density at radius 3 is 1.68 bits per heavy atom. The van der Waals surface area contributed by atoms with E-state index in [4.69, 9.17) is 4.74 Å². The maximum absolute atomic E-state index is 12.3. The molecule has 0 saturated carbocycles. The van der Waals surface area contributed by atoms with Crippen LogP contribution in [0.15, 0.2) is 116 Å². The number of ether oxygens (including phenoxy) is 1. The number of pyridine rings is 1. The van der Waals surface area contributed by atoms with Crippen LogP contribution in [0.5, 0.6) is 0 Å². The molecule has 156 valence electrons. The summed E-state index contributed by atoms with van der Waals surface area (Å²) in [6, 6.07) is 35.8. The Balaban J connectivity index is 1.63. The zero-order valence-corrected chi connectivity index (χ0v) is 18.4. The molecule has 0 aliphatic rings. The second kappa shape index (κ2) is 10.1. The second-order valence-electron chi connectivity index (χ2n) is 7.48. The van der Waals surface area contributed by atoms with E-state index in [9.17, 15) is 4.79 Å². The molecule has 0 aliphatic heterocycles. The van der Waals surface area contributed by atoms with Crippen molar-refractivity contribution in [2.75, 3.05) is 12.8 Å². The molecule has 0 atom stereocenters. The first-order chi connectivity index (χ1) is 15.3. The van der Waals surface area contributed by atoms with Crippen LogP contribution >= 0.6 is 7.26 Å². The molecule has 0 spiro atoms. The first kappa shape index (κ1) is 21.0. The van der Waals surface area contributed by atoms with E-state index in [2.05, 4.69) is 96.0 Å². The molecule has 0 radical (unpaired) electrons. The van der Waals surface area contributed by atoms with Crippen molar-refractivity contribution < 1.29 is 9.53 Å². The number of benzene rings is 3. The van der Waals surface area contributed by atoms with Crippen LogP contribution in [0.25, 0.3) is 0 Å². The standard InChI is InChI=1S/C27H26NO2P/c29-27(23-12-10-19-28-22-23)30-20-11-21-31(24-13-4-1-5-14-24,25-15-6-2-7-16-25)26-17-8-3-9-18-26/h1-10,12-19,22,31H,11,20-21H2. The average Bonchev–Trinajstić information content (AvgIpc) is 2.86. The molecule has 3 nitrogen and oxygen atoms in total. The van der Waals surface area contributed by atoms with Gasteiger partial charge < -0.3 is 0 Å². The number of hydrogen-bond donors (Lipinski definition) is 0. The summed E-state index contributed by atoms with van der Waals surface area (Å²) in [5.41, 5.74) is 0.486. The van der Waals surface area contributed by atoms with Gasteiger partial charge in [0, 0.05) is 0 Å². The summed E-state index contributed by atoms with van der Waals surface area (Å²) in [7, 11) is -2.28. The third-order valence-corrected chi connectivity index (χ3v) is 10.7. The first-order valence-electron chi connectivity index (χ1n) is 10.5. The average molecular weight is 427 g/mol. The first-order valence-corrected chi connectivity index (χ1v) is 12.8. The molecule has 3 aromatic carbocycles. The Kier molecular flexibility index (Phi) is 6.86. The van der Waals surface area contributed by atoms with Gasteiger partial charge in [0.25, 0.3) is 0 Å². The summed E-state index contributed by atoms with van der Waals surface area (Å²) in [6.07, 6.45) is 4.93. The predicted molar refractivity (Wildman–Crippen MR) is 131 cm³/mol. The van der Waals surface area contributed by atoms with Crippen molar-refractivity contribution in [3.8, 4) is 0 Å². The van der Waals surface area contributed by atoms with Crippen LogP contribution in [-0.2, 0) is 4.74 Å². The van der Waals surface area contributed by atoms with Crippen molar-refractivity contribution >= 4 is 29.1 Å². The molecule has 0 saturated heterocycles. The molecule has 0 aliphatic carbocycles. The predicted octanol–water partition coefficient (Wildman–Crippen LogP) is 4.35. The Hall–Kier alpha value is -3.29. The van der Waals surface area contributed by atoms with Gasteiger partial charge in [-0.3, -0.25) is 0 Å². The number of rotatable bonds is 8. The molecule has 0 unspecified atom stereocenters. The number of nitrogens with zero attached hydrogens (tertiary/aromatic N) is 1. The van der Waals surface area contributed by atoms with Crippen LogP contribution in [0.4, 0.5) is 0 Å². The summed E-state index contributed by atoms with van der Waals surface area (Å²) >= 11 is 0. The van der Waals surface area contributed by atoms with Gasteiger partial charge in [0.05, 0.1) is 0 Å². The zero-order chi connectivity index (χ0) is 21.4. The Bertz CT molecular complexity index is 990. The summed E-state index contributed by atoms with van der Waals surface area (Å²) in [4.78, 5) is 16.3. The zero-order valence-electron chi connectivity index (χ0n) is 17.4. The van der Waals surface area contributed by atoms with Gasteiger partial charge in [0.1, 0.15) is 0 Å². The monoisotopic (exact) mass is 427 g/mol. The van der Waals surface area contributed by atoms with E-state index in [0.29, 0.717) is 12.2 Å². The fourth-order valence-electron chi connectivity index (χ4n) is 4.17. The van der Waals surface area contributed by atoms with Gasteiger partial charge in [-0.2, -0.15) is 0 Å². The molecule has 4 rings (SSSR count). The summed E-state index contributed by atoms with van der Waals surface area (Å²) in [6.45, 7) is 0.384. The molecule has 0 amide bonds. The molecule has 1 aromatic heterocycles. The van der Waals surface area contributed by atoms with Crippen molar-refractivity contribution in [2.24, 2.45) is 0 Å². The minimum absolute atomic E-state index is 0.320. The minimum atomic E-state index is -2.28. The number of carbonyl (C=O) groups is 1. The van der Waals surface area contributed by atoms with E-state index in [1.54, 1.807) is 24.5 Å². The van der Waals surface area contributed by atoms with Gasteiger partial charge in [0.15, 0.2) is 0 Å². The number of hydrogen-bond acceptors (Lipinski definition) is 3. The van der Waals surface area contributed by atoms with Crippen LogP contribution in [-0.4, -0.2) is 23.7 Å². The van der Waals surface area contributed by atoms with Crippen LogP contribution in [0.3, 0.4) is 0 Å². The topological polar surface area (TPSA) is 39.2 Å². The van der Waals surface area contributed by atoms with E-state index in [1.807, 2.05) is 0 Å². The Labute approximate surface area is 184 Å². The van der Waals surface area contributed by atoms with Crippen LogP contribution in [0.1, 0.15) is 16.8 Å². The molecule has 4 aromatic rings. The van der Waals surface area contributed by atoms with Gasteiger partial charge in [-0.25, -0.2) is 0 Å². The second-order valence-corrected chi connectivity index (χ2v) is 11.5. The normalized spacial score (nSPS) is 11.6. The van der Waals surface area contributed by atoms with Crippen molar-refractivity contribution in [3.63, 3.8) is 0 Å². The molecule has 31 heavy (non-hydrogen) atoms. The molecule has 0 bridgehead atoms. The van der Waals surface area contributed by atoms with E-state index in [-0.39, 0.29) is 5.97 Å². The van der Waals surface area contributed by atoms with Gasteiger partial charge in [-0.15, -0.1) is 0 Å². The van der Waals surface area contributed by atoms with E-state index in [1.165, 1.54) is 15.9 Å². The fourth-order valence-corrected chi connectivity index (χ4v) is 9.00. The number of aromatic nitrogens is 1. The molecule has 0 N–H and O–H groups in total. The van der Waals surface area contributed by atoms with Crippen molar-refractivity contribution in [1.82, 2.24) is 4.98 Å². The maximum atomic E-state index is 12.3. The van der Waals surface area contributed by atoms with Gasteiger partial charge >= 0.3 is 184 Å². The SMILES string of the molecule is O=C(OCCC[PH](c1ccccc1)(c1ccccc1)c1ccccc1)c1cccnc1.